The van der Waals surface area contributed by atoms with Gasteiger partial charge in [-0.3, -0.25) is 19.4 Å². The summed E-state index contributed by atoms with van der Waals surface area (Å²) in [5.74, 6) is -2.06. The Morgan fingerprint density at radius 1 is 1.05 bits per heavy atom. The first kappa shape index (κ1) is 41.4. The smallest absolute Gasteiger partial charge is 0.347 e. The predicted octanol–water partition coefficient (Wildman–Crippen LogP) is 4.72. The van der Waals surface area contributed by atoms with Crippen LogP contribution in [0.15, 0.2) is 58.7 Å². The van der Waals surface area contributed by atoms with E-state index in [1.165, 1.54) is 21.1 Å². The van der Waals surface area contributed by atoms with E-state index in [0.717, 1.165) is 58.0 Å². The van der Waals surface area contributed by atoms with Crippen molar-refractivity contribution in [2.45, 2.75) is 105 Å². The first-order chi connectivity index (χ1) is 29.2. The number of allylic oxidation sites excluding steroid dienone is 1. The fourth-order valence-electron chi connectivity index (χ4n) is 14.5. The van der Waals surface area contributed by atoms with Crippen LogP contribution in [0.2, 0.25) is 0 Å². The zero-order valence-electron chi connectivity index (χ0n) is 36.7. The van der Waals surface area contributed by atoms with Gasteiger partial charge in [-0.2, -0.15) is 0 Å². The number of nitrogens with zero attached hydrogens (tertiary/aromatic N) is 3. The topological polar surface area (TPSA) is 146 Å². The van der Waals surface area contributed by atoms with Crippen LogP contribution in [0.5, 0.6) is 0 Å². The lowest BCUT2D eigenvalue weighted by Crippen LogP contribution is -2.73. The van der Waals surface area contributed by atoms with Gasteiger partial charge >= 0.3 is 17.9 Å². The number of esters is 3. The van der Waals surface area contributed by atoms with Crippen LogP contribution in [0.25, 0.3) is 10.9 Å². The Hall–Kier alpha value is -3.66. The van der Waals surface area contributed by atoms with Crippen molar-refractivity contribution in [2.75, 3.05) is 67.4 Å². The number of nitrogens with one attached hydrogen (secondary N) is 1. The van der Waals surface area contributed by atoms with Crippen molar-refractivity contribution in [1.29, 1.82) is 0 Å². The average Bonchev–Trinajstić information content (AvgIpc) is 3.51. The summed E-state index contributed by atoms with van der Waals surface area (Å²) in [5.41, 5.74) is -1.98. The lowest BCUT2D eigenvalue weighted by molar-refractivity contribution is -0.182. The van der Waals surface area contributed by atoms with E-state index in [-0.39, 0.29) is 17.9 Å². The second-order valence-electron chi connectivity index (χ2n) is 19.1. The molecule has 14 heteroatoms. The molecule has 3 unspecified atom stereocenters. The third-order valence-electron chi connectivity index (χ3n) is 16.7. The van der Waals surface area contributed by atoms with E-state index in [1.807, 2.05) is 14.0 Å². The highest BCUT2D eigenvalue weighted by Gasteiger charge is 2.99. The Kier molecular flexibility index (Phi) is 9.44. The zero-order chi connectivity index (χ0) is 43.1. The maximum atomic E-state index is 15.5. The van der Waals surface area contributed by atoms with Crippen LogP contribution >= 0.6 is 11.8 Å². The van der Waals surface area contributed by atoms with Crippen LogP contribution in [0.1, 0.15) is 64.1 Å². The number of likely N-dealkylation sites (tertiary alicyclic amines) is 1. The number of aromatic amines is 1. The van der Waals surface area contributed by atoms with Crippen molar-refractivity contribution in [2.24, 2.45) is 22.7 Å². The van der Waals surface area contributed by atoms with Crippen LogP contribution in [-0.4, -0.2) is 145 Å². The number of carbonyl (C=O) groups excluding carboxylic acids is 3. The number of ether oxygens (including phenoxy) is 5. The van der Waals surface area contributed by atoms with E-state index < -0.39 is 63.2 Å². The Bertz CT molecular complexity index is 2310. The summed E-state index contributed by atoms with van der Waals surface area (Å²) in [6.07, 6.45) is 12.7. The minimum atomic E-state index is -1.64. The standard InChI is InChI=1S/C47H60N4O9S/c1-9-42(55)23-28-24-44(40(53)57-6,37-30(14-18-50(25-28)26-42)31-20-29(61-8)12-13-34(31)48-37)33-21-32-35(22-36(33)56-5)49(4)47-45(32)16-19-51-17-11-15-43(10-2,38(45)51)39(59-27(3)52)46(47,60-47)41(54)58-7/h11-13,15,20-22,28,33,36,38-39,48,55H,9-10,14,16-19,23-26H2,1-8H3/t28-,33?,36?,38+,39-,42+,43-,44+,45-,46+,47+/m1/s1. The van der Waals surface area contributed by atoms with Crippen LogP contribution in [0, 0.1) is 22.7 Å². The monoisotopic (exact) mass is 856 g/mol. The first-order valence-corrected chi connectivity index (χ1v) is 23.3. The van der Waals surface area contributed by atoms with E-state index in [0.29, 0.717) is 51.6 Å². The molecule has 1 aromatic carbocycles. The lowest BCUT2D eigenvalue weighted by atomic mass is 9.48. The summed E-state index contributed by atoms with van der Waals surface area (Å²) in [4.78, 5) is 55.2. The zero-order valence-corrected chi connectivity index (χ0v) is 37.5. The van der Waals surface area contributed by atoms with Crippen molar-refractivity contribution >= 4 is 40.6 Å². The summed E-state index contributed by atoms with van der Waals surface area (Å²) in [6, 6.07) is 6.23. The molecule has 0 amide bonds. The minimum absolute atomic E-state index is 0.0509. The highest BCUT2D eigenvalue weighted by atomic mass is 32.2. The number of H-pyrrole nitrogens is 1. The van der Waals surface area contributed by atoms with Crippen molar-refractivity contribution < 1.29 is 43.2 Å². The van der Waals surface area contributed by atoms with E-state index >= 15 is 4.79 Å². The molecule has 61 heavy (non-hydrogen) atoms. The number of rotatable bonds is 8. The lowest BCUT2D eigenvalue weighted by Gasteiger charge is -2.58. The molecule has 1 saturated carbocycles. The molecular weight excluding hydrogens is 797 g/mol. The second kappa shape index (κ2) is 13.9. The van der Waals surface area contributed by atoms with Crippen LogP contribution in [0.4, 0.5) is 0 Å². The van der Waals surface area contributed by atoms with Gasteiger partial charge in [-0.05, 0) is 92.7 Å². The second-order valence-corrected chi connectivity index (χ2v) is 19.9. The maximum absolute atomic E-state index is 15.5. The van der Waals surface area contributed by atoms with Crippen molar-refractivity contribution in [3.8, 4) is 0 Å². The van der Waals surface area contributed by atoms with Crippen LogP contribution in [-0.2, 0) is 49.9 Å². The molecule has 1 aromatic heterocycles. The van der Waals surface area contributed by atoms with E-state index in [2.05, 4.69) is 75.4 Å². The molecule has 7 heterocycles. The molecule has 2 aromatic rings. The number of benzene rings is 1. The Morgan fingerprint density at radius 3 is 2.52 bits per heavy atom. The van der Waals surface area contributed by atoms with Crippen molar-refractivity contribution in [1.82, 2.24) is 19.7 Å². The van der Waals surface area contributed by atoms with Gasteiger partial charge in [0.05, 0.1) is 31.3 Å². The molecule has 2 bridgehead atoms. The first-order valence-electron chi connectivity index (χ1n) is 22.1. The summed E-state index contributed by atoms with van der Waals surface area (Å²) < 4.78 is 31.8. The molecule has 2 N–H and O–H groups in total. The third kappa shape index (κ3) is 5.00. The molecule has 8 aliphatic rings. The molecule has 6 aliphatic heterocycles. The van der Waals surface area contributed by atoms with E-state index in [1.54, 1.807) is 18.9 Å². The van der Waals surface area contributed by atoms with Gasteiger partial charge in [-0.1, -0.05) is 32.1 Å². The number of carbonyl (C=O) groups is 3. The van der Waals surface area contributed by atoms with Gasteiger partial charge in [-0.15, -0.1) is 11.8 Å². The highest BCUT2D eigenvalue weighted by Crippen LogP contribution is 2.82. The number of piperidine rings is 1. The van der Waals surface area contributed by atoms with Gasteiger partial charge in [0.25, 0.3) is 5.60 Å². The molecule has 12 atom stereocenters. The van der Waals surface area contributed by atoms with Crippen molar-refractivity contribution in [3.05, 3.63) is 65.0 Å². The minimum Gasteiger partial charge on any atom is -0.468 e. The number of thioether (sulfide) groups is 1. The number of epoxide rings is 1. The summed E-state index contributed by atoms with van der Waals surface area (Å²) in [7, 11) is 6.51. The maximum Gasteiger partial charge on any atom is 0.347 e. The number of hydrogen-bond donors (Lipinski definition) is 2. The molecule has 2 aliphatic carbocycles. The Labute approximate surface area is 362 Å². The number of methoxy groups -OCH3 is 3. The number of aliphatic hydroxyl groups is 1. The molecule has 328 valence electrons. The van der Waals surface area contributed by atoms with Crippen LogP contribution < -0.4 is 0 Å². The number of aromatic nitrogens is 1. The predicted molar refractivity (Wildman–Crippen MR) is 228 cm³/mol. The normalized spacial score (nSPS) is 41.8. The molecule has 13 nitrogen and oxygen atoms in total. The largest absolute Gasteiger partial charge is 0.468 e. The van der Waals surface area contributed by atoms with Gasteiger partial charge in [-0.25, -0.2) is 4.79 Å². The van der Waals surface area contributed by atoms with E-state index in [9.17, 15) is 14.7 Å². The summed E-state index contributed by atoms with van der Waals surface area (Å²) in [5, 5.41) is 13.2. The quantitative estimate of drug-likeness (QED) is 0.124. The van der Waals surface area contributed by atoms with Gasteiger partial charge in [0.2, 0.25) is 0 Å². The third-order valence-corrected chi connectivity index (χ3v) is 17.5. The van der Waals surface area contributed by atoms with Crippen molar-refractivity contribution in [3.63, 3.8) is 0 Å². The fourth-order valence-corrected chi connectivity index (χ4v) is 14.9. The Balaban J connectivity index is 1.26. The van der Waals surface area contributed by atoms with E-state index in [4.69, 9.17) is 23.7 Å². The highest BCUT2D eigenvalue weighted by molar-refractivity contribution is 7.98. The molecule has 5 fully saturated rings. The number of hydrogen-bond acceptors (Lipinski definition) is 13. The van der Waals surface area contributed by atoms with Gasteiger partial charge in [0.1, 0.15) is 5.41 Å². The summed E-state index contributed by atoms with van der Waals surface area (Å²) >= 11 is 1.69. The van der Waals surface area contributed by atoms with Gasteiger partial charge < -0.3 is 38.7 Å². The van der Waals surface area contributed by atoms with Crippen LogP contribution in [0.3, 0.4) is 0 Å². The SMILES string of the molecule is CC[C@]1(O)C[C@H]2CN(CCc3c([nH]c4ccc(SC)cc34)[C@@](C(=O)OC)(C3C=C4C(=CC3OC)N(C)[C@@]35O[C@]3(C(=O)OC)[C@H](OC(C)=O)[C@]3(CC)C=CCN6CC[C@]45[C@@H]63)C2)C1. The number of fused-ring (bicyclic) bond motifs is 6. The van der Waals surface area contributed by atoms with Gasteiger partial charge in [0.15, 0.2) is 11.8 Å². The molecule has 4 saturated heterocycles. The fraction of sp³-hybridized carbons (Fsp3) is 0.638. The molecule has 0 radical (unpaired) electrons. The molecular formula is C47H60N4O9S. The number of likely N-dealkylation sites (N-methyl/N-ethyl adjacent to an activating group) is 1. The average molecular weight is 857 g/mol. The molecule has 2 spiro atoms. The molecule has 10 rings (SSSR count). The Morgan fingerprint density at radius 2 is 1.84 bits per heavy atom. The summed E-state index contributed by atoms with van der Waals surface area (Å²) in [6.45, 7) is 9.01. The van der Waals surface area contributed by atoms with Gasteiger partial charge in [0, 0.05) is 91.8 Å².